The molecule has 19 heavy (non-hydrogen) atoms. The van der Waals surface area contributed by atoms with Crippen LogP contribution in [0.3, 0.4) is 0 Å². The molecular formula is C13H16N4O2. The SMILES string of the molecule is N[C@H]1COC[C@H]1Oc1cnn(Cc2cccnc2)c1. The van der Waals surface area contributed by atoms with E-state index in [1.165, 1.54) is 0 Å². The molecule has 1 aliphatic rings. The highest BCUT2D eigenvalue weighted by atomic mass is 16.5. The van der Waals surface area contributed by atoms with E-state index in [0.29, 0.717) is 19.8 Å². The third-order valence-corrected chi connectivity index (χ3v) is 3.03. The lowest BCUT2D eigenvalue weighted by Crippen LogP contribution is -2.37. The van der Waals surface area contributed by atoms with Crippen LogP contribution in [0.5, 0.6) is 5.75 Å². The molecule has 2 N–H and O–H groups in total. The Bertz CT molecular complexity index is 528. The van der Waals surface area contributed by atoms with Crippen LogP contribution in [0.1, 0.15) is 5.56 Å². The molecular weight excluding hydrogens is 244 g/mol. The van der Waals surface area contributed by atoms with E-state index >= 15 is 0 Å². The van der Waals surface area contributed by atoms with Gasteiger partial charge in [0.25, 0.3) is 0 Å². The molecule has 1 saturated heterocycles. The van der Waals surface area contributed by atoms with E-state index in [4.69, 9.17) is 15.2 Å². The molecule has 0 spiro atoms. The van der Waals surface area contributed by atoms with E-state index in [2.05, 4.69) is 10.1 Å². The minimum atomic E-state index is -0.0870. The molecule has 3 heterocycles. The predicted molar refractivity (Wildman–Crippen MR) is 68.8 cm³/mol. The number of nitrogens with two attached hydrogens (primary N) is 1. The zero-order valence-corrected chi connectivity index (χ0v) is 10.5. The van der Waals surface area contributed by atoms with Crippen LogP contribution in [-0.4, -0.2) is 40.1 Å². The number of hydrogen-bond acceptors (Lipinski definition) is 5. The van der Waals surface area contributed by atoms with Crippen molar-refractivity contribution in [3.63, 3.8) is 0 Å². The highest BCUT2D eigenvalue weighted by Crippen LogP contribution is 2.16. The van der Waals surface area contributed by atoms with Crippen molar-refractivity contribution in [1.82, 2.24) is 14.8 Å². The molecule has 6 nitrogen and oxygen atoms in total. The van der Waals surface area contributed by atoms with Gasteiger partial charge < -0.3 is 15.2 Å². The summed E-state index contributed by atoms with van der Waals surface area (Å²) in [5, 5.41) is 4.26. The molecule has 0 saturated carbocycles. The van der Waals surface area contributed by atoms with Gasteiger partial charge in [0.2, 0.25) is 0 Å². The van der Waals surface area contributed by atoms with Crippen molar-refractivity contribution >= 4 is 0 Å². The normalized spacial score (nSPS) is 22.6. The second-order valence-electron chi connectivity index (χ2n) is 4.59. The Morgan fingerprint density at radius 2 is 2.37 bits per heavy atom. The first kappa shape index (κ1) is 12.1. The minimum Gasteiger partial charge on any atom is -0.483 e. The van der Waals surface area contributed by atoms with Crippen LogP contribution >= 0.6 is 0 Å². The van der Waals surface area contributed by atoms with Crippen molar-refractivity contribution in [2.75, 3.05) is 13.2 Å². The van der Waals surface area contributed by atoms with Crippen molar-refractivity contribution in [3.8, 4) is 5.75 Å². The van der Waals surface area contributed by atoms with E-state index in [-0.39, 0.29) is 12.1 Å². The quantitative estimate of drug-likeness (QED) is 0.863. The van der Waals surface area contributed by atoms with Crippen LogP contribution in [0.15, 0.2) is 36.9 Å². The summed E-state index contributed by atoms with van der Waals surface area (Å²) in [6, 6.07) is 3.85. The van der Waals surface area contributed by atoms with Crippen molar-refractivity contribution in [2.24, 2.45) is 5.73 Å². The Morgan fingerprint density at radius 1 is 1.42 bits per heavy atom. The second kappa shape index (κ2) is 5.38. The van der Waals surface area contributed by atoms with Gasteiger partial charge in [0.15, 0.2) is 5.75 Å². The smallest absolute Gasteiger partial charge is 0.157 e. The molecule has 6 heteroatoms. The molecule has 2 aromatic heterocycles. The third-order valence-electron chi connectivity index (χ3n) is 3.03. The molecule has 0 aromatic carbocycles. The van der Waals surface area contributed by atoms with Crippen molar-refractivity contribution in [1.29, 1.82) is 0 Å². The van der Waals surface area contributed by atoms with Gasteiger partial charge in [-0.15, -0.1) is 0 Å². The van der Waals surface area contributed by atoms with Gasteiger partial charge in [0, 0.05) is 12.4 Å². The molecule has 0 unspecified atom stereocenters. The lowest BCUT2D eigenvalue weighted by Gasteiger charge is -2.13. The molecule has 0 radical (unpaired) electrons. The zero-order chi connectivity index (χ0) is 13.1. The molecule has 100 valence electrons. The van der Waals surface area contributed by atoms with E-state index in [0.717, 1.165) is 11.3 Å². The van der Waals surface area contributed by atoms with Crippen LogP contribution < -0.4 is 10.5 Å². The maximum absolute atomic E-state index is 5.87. The molecule has 1 aliphatic heterocycles. The van der Waals surface area contributed by atoms with Gasteiger partial charge in [-0.3, -0.25) is 9.67 Å². The second-order valence-corrected chi connectivity index (χ2v) is 4.59. The Labute approximate surface area is 111 Å². The molecule has 0 bridgehead atoms. The third kappa shape index (κ3) is 2.91. The molecule has 2 aromatic rings. The summed E-state index contributed by atoms with van der Waals surface area (Å²) in [6.07, 6.45) is 7.04. The van der Waals surface area contributed by atoms with Gasteiger partial charge in [0.1, 0.15) is 6.10 Å². The van der Waals surface area contributed by atoms with E-state index in [1.54, 1.807) is 12.4 Å². The summed E-state index contributed by atoms with van der Waals surface area (Å²) in [5.41, 5.74) is 6.97. The van der Waals surface area contributed by atoms with Gasteiger partial charge in [-0.05, 0) is 11.6 Å². The number of rotatable bonds is 4. The average molecular weight is 260 g/mol. The fourth-order valence-corrected chi connectivity index (χ4v) is 2.02. The predicted octanol–water partition coefficient (Wildman–Crippen LogP) is 0.431. The Hall–Kier alpha value is -1.92. The number of hydrogen-bond donors (Lipinski definition) is 1. The summed E-state index contributed by atoms with van der Waals surface area (Å²) >= 11 is 0. The molecule has 3 rings (SSSR count). The van der Waals surface area contributed by atoms with Crippen molar-refractivity contribution < 1.29 is 9.47 Å². The van der Waals surface area contributed by atoms with Gasteiger partial charge in [-0.2, -0.15) is 5.10 Å². The molecule has 0 amide bonds. The van der Waals surface area contributed by atoms with Gasteiger partial charge in [-0.25, -0.2) is 0 Å². The van der Waals surface area contributed by atoms with Crippen LogP contribution in [0.2, 0.25) is 0 Å². The van der Waals surface area contributed by atoms with E-state index < -0.39 is 0 Å². The van der Waals surface area contributed by atoms with E-state index in [1.807, 2.05) is 29.2 Å². The average Bonchev–Trinajstić information content (AvgIpc) is 3.02. The van der Waals surface area contributed by atoms with Crippen molar-refractivity contribution in [2.45, 2.75) is 18.7 Å². The van der Waals surface area contributed by atoms with Gasteiger partial charge in [0.05, 0.1) is 38.2 Å². The largest absolute Gasteiger partial charge is 0.483 e. The standard InChI is InChI=1S/C13H16N4O2/c14-12-8-18-9-13(12)19-11-5-16-17(7-11)6-10-2-1-3-15-4-10/h1-5,7,12-13H,6,8-9,14H2/t12-,13+/m0/s1. The summed E-state index contributed by atoms with van der Waals surface area (Å²) in [6.45, 7) is 1.76. The fourth-order valence-electron chi connectivity index (χ4n) is 2.02. The highest BCUT2D eigenvalue weighted by Gasteiger charge is 2.26. The molecule has 0 aliphatic carbocycles. The summed E-state index contributed by atoms with van der Waals surface area (Å²) < 4.78 is 12.8. The lowest BCUT2D eigenvalue weighted by molar-refractivity contribution is 0.140. The Morgan fingerprint density at radius 3 is 3.11 bits per heavy atom. The zero-order valence-electron chi connectivity index (χ0n) is 10.5. The lowest BCUT2D eigenvalue weighted by atomic mass is 10.2. The molecule has 1 fully saturated rings. The molecule has 2 atom stereocenters. The maximum Gasteiger partial charge on any atom is 0.157 e. The van der Waals surface area contributed by atoms with Crippen LogP contribution in [0.4, 0.5) is 0 Å². The van der Waals surface area contributed by atoms with Crippen LogP contribution in [0.25, 0.3) is 0 Å². The number of aromatic nitrogens is 3. The number of pyridine rings is 1. The summed E-state index contributed by atoms with van der Waals surface area (Å²) in [5.74, 6) is 0.717. The van der Waals surface area contributed by atoms with Gasteiger partial charge in [-0.1, -0.05) is 6.07 Å². The Balaban J connectivity index is 1.63. The number of ether oxygens (including phenoxy) is 2. The first-order chi connectivity index (χ1) is 9.31. The summed E-state index contributed by atoms with van der Waals surface area (Å²) in [7, 11) is 0. The Kier molecular flexibility index (Phi) is 3.43. The topological polar surface area (TPSA) is 75.2 Å². The maximum atomic E-state index is 5.87. The van der Waals surface area contributed by atoms with Crippen LogP contribution in [0, 0.1) is 0 Å². The monoisotopic (exact) mass is 260 g/mol. The van der Waals surface area contributed by atoms with Crippen LogP contribution in [-0.2, 0) is 11.3 Å². The number of nitrogens with zero attached hydrogens (tertiary/aromatic N) is 3. The first-order valence-corrected chi connectivity index (χ1v) is 6.22. The highest BCUT2D eigenvalue weighted by molar-refractivity contribution is 5.15. The summed E-state index contributed by atoms with van der Waals surface area (Å²) in [4.78, 5) is 4.08. The van der Waals surface area contributed by atoms with Crippen molar-refractivity contribution in [3.05, 3.63) is 42.5 Å². The fraction of sp³-hybridized carbons (Fsp3) is 0.385. The van der Waals surface area contributed by atoms with E-state index in [9.17, 15) is 0 Å². The van der Waals surface area contributed by atoms with Gasteiger partial charge >= 0.3 is 0 Å². The first-order valence-electron chi connectivity index (χ1n) is 6.22. The minimum absolute atomic E-state index is 0.0679.